The zero-order valence-corrected chi connectivity index (χ0v) is 8.65. The third kappa shape index (κ3) is 3.72. The van der Waals surface area contributed by atoms with Crippen molar-refractivity contribution in [2.24, 2.45) is 21.8 Å². The summed E-state index contributed by atoms with van der Waals surface area (Å²) in [4.78, 5) is 17.3. The van der Waals surface area contributed by atoms with E-state index >= 15 is 0 Å². The average Bonchev–Trinajstić information content (AvgIpc) is 2.26. The van der Waals surface area contributed by atoms with Crippen LogP contribution in [0.2, 0.25) is 0 Å². The second-order valence-corrected chi connectivity index (χ2v) is 3.57. The lowest BCUT2D eigenvalue weighted by atomic mass is 9.96. The molecule has 7 heteroatoms. The van der Waals surface area contributed by atoms with Gasteiger partial charge in [0.15, 0.2) is 0 Å². The van der Waals surface area contributed by atoms with Crippen LogP contribution >= 0.6 is 0 Å². The van der Waals surface area contributed by atoms with Gasteiger partial charge in [0.25, 0.3) is 0 Å². The number of azide groups is 1. The second kappa shape index (κ2) is 5.89. The molecular formula is C9H13N5O2. The van der Waals surface area contributed by atoms with Crippen LogP contribution in [-0.2, 0) is 4.79 Å². The minimum Gasteiger partial charge on any atom is -0.480 e. The van der Waals surface area contributed by atoms with Crippen molar-refractivity contribution in [3.63, 3.8) is 0 Å². The molecule has 0 spiro atoms. The van der Waals surface area contributed by atoms with E-state index in [0.717, 1.165) is 5.57 Å². The summed E-state index contributed by atoms with van der Waals surface area (Å²) in [6, 6.07) is -0.879. The lowest BCUT2D eigenvalue weighted by Gasteiger charge is -2.17. The van der Waals surface area contributed by atoms with Crippen LogP contribution in [0.3, 0.4) is 0 Å². The fraction of sp³-hybridized carbons (Fsp3) is 0.556. The van der Waals surface area contributed by atoms with Gasteiger partial charge in [0.1, 0.15) is 6.04 Å². The molecule has 16 heavy (non-hydrogen) atoms. The lowest BCUT2D eigenvalue weighted by Crippen LogP contribution is -2.33. The summed E-state index contributed by atoms with van der Waals surface area (Å²) < 4.78 is 0. The predicted octanol–water partition coefficient (Wildman–Crippen LogP) is 0.726. The van der Waals surface area contributed by atoms with Crippen LogP contribution in [0.4, 0.5) is 0 Å². The van der Waals surface area contributed by atoms with Gasteiger partial charge in [-0.3, -0.25) is 9.79 Å². The van der Waals surface area contributed by atoms with Crippen molar-refractivity contribution >= 4 is 12.2 Å². The molecule has 3 N–H and O–H groups in total. The van der Waals surface area contributed by atoms with Crippen molar-refractivity contribution in [3.8, 4) is 0 Å². The minimum atomic E-state index is -1.01. The topological polar surface area (TPSA) is 124 Å². The van der Waals surface area contributed by atoms with Crippen molar-refractivity contribution in [3.05, 3.63) is 22.1 Å². The predicted molar refractivity (Wildman–Crippen MR) is 59.2 cm³/mol. The quantitative estimate of drug-likeness (QED) is 0.405. The number of nitrogens with two attached hydrogens (primary N) is 1. The fourth-order valence-corrected chi connectivity index (χ4v) is 1.48. The maximum absolute atomic E-state index is 10.6. The van der Waals surface area contributed by atoms with Crippen LogP contribution in [0.25, 0.3) is 10.4 Å². The van der Waals surface area contributed by atoms with Crippen molar-refractivity contribution in [1.29, 1.82) is 0 Å². The largest absolute Gasteiger partial charge is 0.480 e. The van der Waals surface area contributed by atoms with Crippen molar-refractivity contribution in [2.75, 3.05) is 13.1 Å². The van der Waals surface area contributed by atoms with Crippen LogP contribution in [0, 0.1) is 5.92 Å². The molecule has 0 aliphatic carbocycles. The maximum Gasteiger partial charge on any atom is 0.320 e. The van der Waals surface area contributed by atoms with Gasteiger partial charge in [-0.25, -0.2) is 0 Å². The Morgan fingerprint density at radius 2 is 2.62 bits per heavy atom. The average molecular weight is 223 g/mol. The molecule has 1 unspecified atom stereocenters. The molecule has 86 valence electrons. The van der Waals surface area contributed by atoms with Crippen LogP contribution in [0.15, 0.2) is 21.8 Å². The van der Waals surface area contributed by atoms with Gasteiger partial charge >= 0.3 is 5.97 Å². The van der Waals surface area contributed by atoms with Gasteiger partial charge in [0.2, 0.25) is 0 Å². The molecule has 1 rings (SSSR count). The van der Waals surface area contributed by atoms with Crippen LogP contribution < -0.4 is 5.73 Å². The minimum absolute atomic E-state index is 0.00000661. The van der Waals surface area contributed by atoms with Gasteiger partial charge in [-0.1, -0.05) is 11.2 Å². The molecular weight excluding hydrogens is 210 g/mol. The molecule has 2 atom stereocenters. The molecule has 0 aromatic carbocycles. The third-order valence-electron chi connectivity index (χ3n) is 2.24. The fourth-order valence-electron chi connectivity index (χ4n) is 1.48. The van der Waals surface area contributed by atoms with E-state index in [1.807, 2.05) is 6.08 Å². The Labute approximate surface area is 92.3 Å². The standard InChI is InChI=1S/C9H13N5O2/c10-8(9(15)16)2-6-1-7(4-12-3-6)5-13-14-11/h1,4,6,8H,2-3,5,10H2,(H,15,16)/t6?,8-/m0/s1. The molecule has 7 nitrogen and oxygen atoms in total. The first-order chi connectivity index (χ1) is 7.63. The number of aliphatic carboxylic acids is 1. The molecule has 0 radical (unpaired) electrons. The Kier molecular flexibility index (Phi) is 4.50. The highest BCUT2D eigenvalue weighted by molar-refractivity contribution is 5.80. The summed E-state index contributed by atoms with van der Waals surface area (Å²) >= 11 is 0. The van der Waals surface area contributed by atoms with E-state index in [1.165, 1.54) is 0 Å². The molecule has 0 saturated heterocycles. The molecule has 0 aromatic rings. The van der Waals surface area contributed by atoms with Gasteiger partial charge in [0.05, 0.1) is 6.54 Å². The van der Waals surface area contributed by atoms with Gasteiger partial charge < -0.3 is 10.8 Å². The molecule has 0 aromatic heterocycles. The van der Waals surface area contributed by atoms with Crippen LogP contribution in [0.1, 0.15) is 6.42 Å². The summed E-state index contributed by atoms with van der Waals surface area (Å²) in [5, 5.41) is 12.1. The number of aliphatic imine (C=N–C) groups is 1. The van der Waals surface area contributed by atoms with Gasteiger partial charge in [-0.2, -0.15) is 0 Å². The summed E-state index contributed by atoms with van der Waals surface area (Å²) in [6.45, 7) is 0.763. The van der Waals surface area contributed by atoms with Gasteiger partial charge in [-0.05, 0) is 23.4 Å². The number of nitrogens with zero attached hydrogens (tertiary/aromatic N) is 4. The number of hydrogen-bond acceptors (Lipinski definition) is 4. The molecule has 1 aliphatic rings. The van der Waals surface area contributed by atoms with Gasteiger partial charge in [-0.15, -0.1) is 0 Å². The van der Waals surface area contributed by atoms with E-state index in [0.29, 0.717) is 13.0 Å². The zero-order chi connectivity index (χ0) is 12.0. The number of carbonyl (C=O) groups is 1. The highest BCUT2D eigenvalue weighted by Crippen LogP contribution is 2.14. The van der Waals surface area contributed by atoms with E-state index in [9.17, 15) is 4.79 Å². The summed E-state index contributed by atoms with van der Waals surface area (Å²) in [6.07, 6.45) is 3.84. The first kappa shape index (κ1) is 12.2. The lowest BCUT2D eigenvalue weighted by molar-refractivity contribution is -0.138. The number of carboxylic acid groups (broad SMARTS) is 1. The molecule has 1 heterocycles. The number of rotatable bonds is 5. The Morgan fingerprint density at radius 1 is 1.88 bits per heavy atom. The van der Waals surface area contributed by atoms with Gasteiger partial charge in [0, 0.05) is 17.7 Å². The maximum atomic E-state index is 10.6. The van der Waals surface area contributed by atoms with E-state index < -0.39 is 12.0 Å². The Balaban J connectivity index is 2.56. The first-order valence-electron chi connectivity index (χ1n) is 4.83. The number of dihydropyridines is 1. The third-order valence-corrected chi connectivity index (χ3v) is 2.24. The van der Waals surface area contributed by atoms with E-state index in [4.69, 9.17) is 16.4 Å². The molecule has 0 fully saturated rings. The zero-order valence-electron chi connectivity index (χ0n) is 8.65. The second-order valence-electron chi connectivity index (χ2n) is 3.57. The normalized spacial score (nSPS) is 20.8. The Hall–Kier alpha value is -1.85. The summed E-state index contributed by atoms with van der Waals surface area (Å²) in [5.74, 6) is -1.01. The Morgan fingerprint density at radius 3 is 3.25 bits per heavy atom. The summed E-state index contributed by atoms with van der Waals surface area (Å²) in [5.41, 5.74) is 14.4. The van der Waals surface area contributed by atoms with Crippen molar-refractivity contribution in [2.45, 2.75) is 12.5 Å². The van der Waals surface area contributed by atoms with Crippen molar-refractivity contribution < 1.29 is 9.90 Å². The highest BCUT2D eigenvalue weighted by Gasteiger charge is 2.18. The molecule has 1 aliphatic heterocycles. The first-order valence-corrected chi connectivity index (χ1v) is 4.83. The Bertz CT molecular complexity index is 370. The number of carboxylic acids is 1. The van der Waals surface area contributed by atoms with Crippen LogP contribution in [0.5, 0.6) is 0 Å². The van der Waals surface area contributed by atoms with E-state index in [1.54, 1.807) is 6.21 Å². The van der Waals surface area contributed by atoms with Crippen LogP contribution in [-0.4, -0.2) is 36.4 Å². The SMILES string of the molecule is [N-]=[N+]=NCC1=CC(C[C@H](N)C(=O)O)CN=C1. The van der Waals surface area contributed by atoms with Crippen molar-refractivity contribution in [1.82, 2.24) is 0 Å². The summed E-state index contributed by atoms with van der Waals surface area (Å²) in [7, 11) is 0. The monoisotopic (exact) mass is 223 g/mol. The molecule has 0 amide bonds. The smallest absolute Gasteiger partial charge is 0.320 e. The molecule has 0 saturated carbocycles. The molecule has 0 bridgehead atoms. The van der Waals surface area contributed by atoms with E-state index in [-0.39, 0.29) is 12.5 Å². The highest BCUT2D eigenvalue weighted by atomic mass is 16.4. The number of hydrogen-bond donors (Lipinski definition) is 2. The van der Waals surface area contributed by atoms with E-state index in [2.05, 4.69) is 15.0 Å².